The molecule has 1 aromatic heterocycles. The zero-order valence-electron chi connectivity index (χ0n) is 55.7. The smallest absolute Gasteiger partial charge is 0.408 e. The minimum absolute atomic E-state index is 0.0159. The Bertz CT molecular complexity index is 2640. The lowest BCUT2D eigenvalue weighted by Crippen LogP contribution is -2.59. The summed E-state index contributed by atoms with van der Waals surface area (Å²) in [5.74, 6) is -8.20. The number of amides is 2. The highest BCUT2D eigenvalue weighted by molar-refractivity contribution is 5.92. The van der Waals surface area contributed by atoms with E-state index in [4.69, 9.17) is 56.9 Å². The number of methoxy groups -OCH3 is 2. The lowest BCUT2D eigenvalue weighted by molar-refractivity contribution is -0.305. The second-order valence-electron chi connectivity index (χ2n) is 25.9. The van der Waals surface area contributed by atoms with Crippen LogP contribution in [0, 0.1) is 48.3 Å². The van der Waals surface area contributed by atoms with E-state index in [2.05, 4.69) is 30.7 Å². The van der Waals surface area contributed by atoms with Gasteiger partial charge in [0.2, 0.25) is 0 Å². The Balaban J connectivity index is 1.47. The van der Waals surface area contributed by atoms with Gasteiger partial charge in [0.1, 0.15) is 49.4 Å². The fourth-order valence-electron chi connectivity index (χ4n) is 12.9. The quantitative estimate of drug-likeness (QED) is 0.0623. The molecule has 0 saturated carbocycles. The summed E-state index contributed by atoms with van der Waals surface area (Å²) in [6.07, 6.45) is -11.6. The molecule has 5 heterocycles. The second kappa shape index (κ2) is 34.0. The number of nitrogens with zero attached hydrogens (tertiary/aromatic N) is 4. The van der Waals surface area contributed by atoms with Gasteiger partial charge in [-0.2, -0.15) is 0 Å². The lowest BCUT2D eigenvalue weighted by Gasteiger charge is -2.45. The van der Waals surface area contributed by atoms with Crippen LogP contribution in [0.15, 0.2) is 47.9 Å². The predicted octanol–water partition coefficient (Wildman–Crippen LogP) is 6.11. The number of ether oxygens (including phenoxy) is 11. The number of hydrogen-bond donors (Lipinski definition) is 4. The third-order valence-electron chi connectivity index (χ3n) is 17.7. The maximum Gasteiger partial charge on any atom is 0.408 e. The number of carbonyl (C=O) groups is 5. The first-order chi connectivity index (χ1) is 42.6. The van der Waals surface area contributed by atoms with Crippen molar-refractivity contribution < 1.29 is 91.1 Å². The number of ketones is 1. The fraction of sp³-hybridized carbons (Fsp3) is 0.754. The average Bonchev–Trinajstić information content (AvgIpc) is 0.875. The van der Waals surface area contributed by atoms with Crippen LogP contribution in [0.3, 0.4) is 0 Å². The van der Waals surface area contributed by atoms with Gasteiger partial charge >= 0.3 is 18.0 Å². The number of aryl methyl sites for hydroxylation is 1. The van der Waals surface area contributed by atoms with Gasteiger partial charge in [0, 0.05) is 89.7 Å². The molecule has 2 amide bonds. The van der Waals surface area contributed by atoms with Crippen molar-refractivity contribution in [1.82, 2.24) is 25.5 Å². The van der Waals surface area contributed by atoms with Crippen LogP contribution in [0.5, 0.6) is 0 Å². The van der Waals surface area contributed by atoms with E-state index in [-0.39, 0.29) is 68.2 Å². The number of carbonyl (C=O) groups excluding carboxylic acids is 5. The van der Waals surface area contributed by atoms with E-state index in [1.54, 1.807) is 48.5 Å². The Hall–Kier alpha value is -5.32. The summed E-state index contributed by atoms with van der Waals surface area (Å²) >= 11 is 0. The first-order valence-electron chi connectivity index (χ1n) is 31.8. The van der Waals surface area contributed by atoms with E-state index in [9.17, 15) is 24.6 Å². The van der Waals surface area contributed by atoms with Gasteiger partial charge in [0.25, 0.3) is 5.91 Å². The molecule has 6 rings (SSSR count). The molecule has 2 aromatic rings. The van der Waals surface area contributed by atoms with E-state index in [0.717, 1.165) is 5.56 Å². The summed E-state index contributed by atoms with van der Waals surface area (Å²) in [4.78, 5) is 88.9. The number of cyclic esters (lactones) is 1. The average molecular weight is 1270 g/mol. The van der Waals surface area contributed by atoms with E-state index >= 15 is 9.59 Å². The van der Waals surface area contributed by atoms with Crippen LogP contribution >= 0.6 is 0 Å². The van der Waals surface area contributed by atoms with Crippen LogP contribution in [0.4, 0.5) is 4.79 Å². The molecule has 25 nitrogen and oxygen atoms in total. The molecule has 90 heavy (non-hydrogen) atoms. The van der Waals surface area contributed by atoms with Gasteiger partial charge in [0.05, 0.1) is 66.6 Å². The van der Waals surface area contributed by atoms with E-state index in [1.165, 1.54) is 40.6 Å². The number of aliphatic hydroxyl groups is 2. The number of nitrogens with one attached hydrogen (secondary N) is 2. The minimum Gasteiger partial charge on any atom is -0.461 e. The number of aromatic nitrogens is 2. The zero-order chi connectivity index (χ0) is 66.3. The number of hydrogen-bond acceptors (Lipinski definition) is 23. The SMILES string of the molecule is CON=C1C[C@@H](C)O[C@@H](O[C@@H]2[C@@H](C)[C@H](O[C@H]3CC(C)N(CCNC(=O)c4cnc(C)cn4)C[C@H](C)O3)[C@@H](C)C(=O)O[C@H]([C@@H](C)CO[C@@H]3O[C@H](C)[C@@H](O)[C@@H](OC)[C@H]3OC)[C@H](C)[C@@H](OC(=O)CC(C)C)[C@@H](C)C(=O)[C@@](C)(OC(=O)NCc3ccccc3)C[C@@H]2C)[C@@H]1O. The van der Waals surface area contributed by atoms with E-state index in [0.29, 0.717) is 25.2 Å². The minimum atomic E-state index is -2.00. The normalized spacial score (nSPS) is 36.0. The topological polar surface area (TPSA) is 302 Å². The predicted molar refractivity (Wildman–Crippen MR) is 328 cm³/mol. The van der Waals surface area contributed by atoms with Crippen LogP contribution in [0.2, 0.25) is 0 Å². The molecule has 1 aromatic carbocycles. The van der Waals surface area contributed by atoms with E-state index < -0.39 is 151 Å². The Morgan fingerprint density at radius 2 is 1.51 bits per heavy atom. The molecular formula is C65H102N6O19. The molecule has 0 aliphatic carbocycles. The maximum atomic E-state index is 16.0. The monoisotopic (exact) mass is 1270 g/mol. The Morgan fingerprint density at radius 1 is 0.811 bits per heavy atom. The summed E-state index contributed by atoms with van der Waals surface area (Å²) in [6.45, 7) is 26.0. The number of rotatable bonds is 21. The van der Waals surface area contributed by atoms with Crippen LogP contribution in [-0.4, -0.2) is 206 Å². The summed E-state index contributed by atoms with van der Waals surface area (Å²) in [6, 6.07) is 8.99. The van der Waals surface area contributed by atoms with Crippen LogP contribution < -0.4 is 10.6 Å². The van der Waals surface area contributed by atoms with Crippen molar-refractivity contribution in [3.63, 3.8) is 0 Å². The molecule has 22 atom stereocenters. The summed E-state index contributed by atoms with van der Waals surface area (Å²) in [5, 5.41) is 32.8. The molecule has 0 spiro atoms. The second-order valence-corrected chi connectivity index (χ2v) is 25.9. The number of benzene rings is 1. The highest BCUT2D eigenvalue weighted by Gasteiger charge is 2.53. The molecule has 4 aliphatic rings. The van der Waals surface area contributed by atoms with Gasteiger partial charge in [-0.1, -0.05) is 84.0 Å². The fourth-order valence-corrected chi connectivity index (χ4v) is 12.9. The summed E-state index contributed by atoms with van der Waals surface area (Å²) in [7, 11) is 4.26. The van der Waals surface area contributed by atoms with Gasteiger partial charge in [-0.3, -0.25) is 29.1 Å². The Morgan fingerprint density at radius 3 is 2.16 bits per heavy atom. The summed E-state index contributed by atoms with van der Waals surface area (Å²) < 4.78 is 71.0. The highest BCUT2D eigenvalue weighted by Crippen LogP contribution is 2.41. The van der Waals surface area contributed by atoms with Gasteiger partial charge in [-0.05, 0) is 72.3 Å². The van der Waals surface area contributed by atoms with Gasteiger partial charge in [0.15, 0.2) is 30.3 Å². The highest BCUT2D eigenvalue weighted by atomic mass is 16.7. The zero-order valence-corrected chi connectivity index (χ0v) is 55.7. The van der Waals surface area contributed by atoms with Crippen molar-refractivity contribution in [2.75, 3.05) is 47.6 Å². The van der Waals surface area contributed by atoms with Crippen molar-refractivity contribution in [1.29, 1.82) is 0 Å². The van der Waals surface area contributed by atoms with Crippen molar-refractivity contribution >= 4 is 35.4 Å². The maximum absolute atomic E-state index is 16.0. The number of Topliss-reactive ketones (excluding diaryl/α,β-unsaturated/α-hetero) is 1. The molecule has 4 fully saturated rings. The van der Waals surface area contributed by atoms with Crippen molar-refractivity contribution in [3.05, 3.63) is 59.7 Å². The molecule has 506 valence electrons. The van der Waals surface area contributed by atoms with Gasteiger partial charge in [-0.25, -0.2) is 9.78 Å². The molecule has 4 N–H and O–H groups in total. The van der Waals surface area contributed by atoms with Crippen molar-refractivity contribution in [2.45, 2.75) is 227 Å². The molecule has 0 bridgehead atoms. The third kappa shape index (κ3) is 19.6. The molecular weight excluding hydrogens is 1170 g/mol. The van der Waals surface area contributed by atoms with Crippen LogP contribution in [0.1, 0.15) is 137 Å². The first-order valence-corrected chi connectivity index (χ1v) is 31.8. The van der Waals surface area contributed by atoms with Gasteiger partial charge < -0.3 is 77.8 Å². The van der Waals surface area contributed by atoms with Crippen molar-refractivity contribution in [2.24, 2.45) is 46.6 Å². The van der Waals surface area contributed by atoms with E-state index in [1.807, 2.05) is 71.9 Å². The largest absolute Gasteiger partial charge is 0.461 e. The van der Waals surface area contributed by atoms with Crippen LogP contribution in [-0.2, 0) is 77.9 Å². The van der Waals surface area contributed by atoms with Crippen LogP contribution in [0.25, 0.3) is 0 Å². The molecule has 25 heteroatoms. The molecule has 0 radical (unpaired) electrons. The lowest BCUT2D eigenvalue weighted by atomic mass is 9.74. The van der Waals surface area contributed by atoms with Gasteiger partial charge in [-0.15, -0.1) is 0 Å². The van der Waals surface area contributed by atoms with Crippen molar-refractivity contribution in [3.8, 4) is 0 Å². The number of aliphatic hydroxyl groups excluding tert-OH is 2. The Kier molecular flexibility index (Phi) is 27.9. The standard InChI is InChI=1S/C65H102N6O19/c1-34(2)25-49(72)86-55-42(10)54(36(4)33-82-63-58(80-16)57(79-15)51(73)45(13)85-63)88-61(77)44(12)56(87-50-26-38(6)71(32-40(8)83-50)24-23-66-60(76)48-31-67-37(5)29-68-48)41(9)53(89-62-52(74)47(70-81-17)27-39(7)84-62)35(3)28-65(14,59(75)43(55)11)90-64(78)69-30-46-21-19-18-20-22-46/h18-22,29,31,34-36,38-45,50-58,62-63,73-74H,23-28,30,32-33H2,1-17H3,(H,66,76)(H,69,78)/t35-,36-,38?,39+,40-,41+,42-,43+,44+,45+,50-,51+,52+,53-,54+,55+,56-,57+,58+,62-,63+,65-/m0/s1. The summed E-state index contributed by atoms with van der Waals surface area (Å²) in [5.41, 5.74) is -0.0905. The molecule has 4 saturated heterocycles. The number of oxime groups is 1. The molecule has 1 unspecified atom stereocenters. The number of esters is 2. The third-order valence-corrected chi connectivity index (χ3v) is 17.7. The first kappa shape index (κ1) is 73.7. The molecule has 4 aliphatic heterocycles. The number of alkyl carbamates (subject to hydrolysis) is 1. The Labute approximate surface area is 530 Å².